The van der Waals surface area contributed by atoms with E-state index in [2.05, 4.69) is 28.2 Å². The minimum absolute atomic E-state index is 0.199. The molecule has 1 amide bonds. The Labute approximate surface area is 119 Å². The lowest BCUT2D eigenvalue weighted by Crippen LogP contribution is -2.28. The molecule has 0 spiro atoms. The molecule has 1 N–H and O–H groups in total. The molecule has 0 aliphatic rings. The molecule has 5 heteroatoms. The Balaban J connectivity index is 2.22. The molecule has 0 saturated heterocycles. The average Bonchev–Trinajstić information content (AvgIpc) is 2.86. The van der Waals surface area contributed by atoms with Gasteiger partial charge in [-0.15, -0.1) is 5.10 Å². The van der Waals surface area contributed by atoms with Gasteiger partial charge in [-0.25, -0.2) is 4.98 Å². The third kappa shape index (κ3) is 2.87. The first-order valence-corrected chi connectivity index (χ1v) is 6.79. The fourth-order valence-electron chi connectivity index (χ4n) is 2.18. The first kappa shape index (κ1) is 14.2. The molecular weight excluding hydrogens is 252 g/mol. The summed E-state index contributed by atoms with van der Waals surface area (Å²) in [6.07, 6.45) is 1.77. The zero-order valence-corrected chi connectivity index (χ0v) is 12.4. The number of aromatic nitrogens is 3. The van der Waals surface area contributed by atoms with E-state index >= 15 is 0 Å². The summed E-state index contributed by atoms with van der Waals surface area (Å²) in [5.74, 6) is 0.774. The normalized spacial score (nSPS) is 10.6. The van der Waals surface area contributed by atoms with E-state index in [9.17, 15) is 4.79 Å². The zero-order chi connectivity index (χ0) is 14.7. The second-order valence-electron chi connectivity index (χ2n) is 5.01. The molecule has 106 valence electrons. The van der Waals surface area contributed by atoms with Gasteiger partial charge in [0.15, 0.2) is 0 Å². The number of hydrogen-bond donors (Lipinski definition) is 1. The molecular formula is C15H20N4O. The van der Waals surface area contributed by atoms with Gasteiger partial charge in [0, 0.05) is 19.2 Å². The van der Waals surface area contributed by atoms with Crippen LogP contribution in [0.1, 0.15) is 40.9 Å². The van der Waals surface area contributed by atoms with Crippen LogP contribution in [0.4, 0.5) is 5.69 Å². The largest absolute Gasteiger partial charge is 0.308 e. The lowest BCUT2D eigenvalue weighted by molar-refractivity contribution is 0.0983. The standard InChI is InChI=1S/C15H20N4O/c1-5-6-13-16-14(18-17-13)15(20)19(4)12-8-7-10(2)9-11(12)3/h7-9H,5-6H2,1-4H3,(H,16,17,18). The number of hydrogen-bond acceptors (Lipinski definition) is 3. The van der Waals surface area contributed by atoms with Gasteiger partial charge < -0.3 is 4.90 Å². The van der Waals surface area contributed by atoms with Crippen molar-refractivity contribution in [3.05, 3.63) is 41.0 Å². The first-order chi connectivity index (χ1) is 9.52. The van der Waals surface area contributed by atoms with Gasteiger partial charge in [-0.3, -0.25) is 9.89 Å². The summed E-state index contributed by atoms with van der Waals surface area (Å²) in [6.45, 7) is 6.09. The summed E-state index contributed by atoms with van der Waals surface area (Å²) in [6, 6.07) is 5.99. The van der Waals surface area contributed by atoms with E-state index in [1.807, 2.05) is 26.0 Å². The smallest absolute Gasteiger partial charge is 0.297 e. The molecule has 1 aromatic heterocycles. The summed E-state index contributed by atoms with van der Waals surface area (Å²) in [4.78, 5) is 18.2. The van der Waals surface area contributed by atoms with Crippen molar-refractivity contribution in [2.45, 2.75) is 33.6 Å². The Morgan fingerprint density at radius 2 is 2.10 bits per heavy atom. The predicted molar refractivity (Wildman–Crippen MR) is 79.0 cm³/mol. The molecule has 5 nitrogen and oxygen atoms in total. The maximum atomic E-state index is 12.4. The average molecular weight is 272 g/mol. The Kier molecular flexibility index (Phi) is 4.17. The Morgan fingerprint density at radius 3 is 2.75 bits per heavy atom. The van der Waals surface area contributed by atoms with E-state index in [1.165, 1.54) is 5.56 Å². The second-order valence-corrected chi connectivity index (χ2v) is 5.01. The van der Waals surface area contributed by atoms with Crippen molar-refractivity contribution in [1.29, 1.82) is 0 Å². The highest BCUT2D eigenvalue weighted by Gasteiger charge is 2.19. The van der Waals surface area contributed by atoms with E-state index in [1.54, 1.807) is 11.9 Å². The van der Waals surface area contributed by atoms with Crippen molar-refractivity contribution in [1.82, 2.24) is 15.2 Å². The van der Waals surface area contributed by atoms with Gasteiger partial charge in [-0.05, 0) is 31.9 Å². The number of benzene rings is 1. The first-order valence-electron chi connectivity index (χ1n) is 6.79. The van der Waals surface area contributed by atoms with Gasteiger partial charge in [0.2, 0.25) is 5.82 Å². The number of nitrogens with one attached hydrogen (secondary N) is 1. The molecule has 0 bridgehead atoms. The molecule has 2 rings (SSSR count). The highest BCUT2D eigenvalue weighted by atomic mass is 16.2. The maximum Gasteiger partial charge on any atom is 0.297 e. The summed E-state index contributed by atoms with van der Waals surface area (Å²) < 4.78 is 0. The van der Waals surface area contributed by atoms with Crippen LogP contribution in [0.2, 0.25) is 0 Å². The van der Waals surface area contributed by atoms with Gasteiger partial charge >= 0.3 is 0 Å². The molecule has 1 heterocycles. The molecule has 0 saturated carbocycles. The van der Waals surface area contributed by atoms with Crippen molar-refractivity contribution in [3.8, 4) is 0 Å². The molecule has 1 aromatic carbocycles. The van der Waals surface area contributed by atoms with Gasteiger partial charge in [0.25, 0.3) is 5.91 Å². The van der Waals surface area contributed by atoms with Crippen molar-refractivity contribution in [2.24, 2.45) is 0 Å². The second kappa shape index (κ2) is 5.86. The number of amides is 1. The number of carbonyl (C=O) groups excluding carboxylic acids is 1. The third-order valence-corrected chi connectivity index (χ3v) is 3.23. The highest BCUT2D eigenvalue weighted by Crippen LogP contribution is 2.21. The fourth-order valence-corrected chi connectivity index (χ4v) is 2.18. The molecule has 0 aliphatic heterocycles. The Morgan fingerprint density at radius 1 is 1.35 bits per heavy atom. The number of H-pyrrole nitrogens is 1. The summed E-state index contributed by atoms with van der Waals surface area (Å²) in [7, 11) is 1.75. The van der Waals surface area contributed by atoms with Gasteiger partial charge in [-0.1, -0.05) is 24.6 Å². The Bertz CT molecular complexity index is 618. The predicted octanol–water partition coefficient (Wildman–Crippen LogP) is 2.65. The van der Waals surface area contributed by atoms with Crippen LogP contribution in [0.5, 0.6) is 0 Å². The van der Waals surface area contributed by atoms with Gasteiger partial charge in [-0.2, -0.15) is 0 Å². The van der Waals surface area contributed by atoms with Crippen molar-refractivity contribution in [3.63, 3.8) is 0 Å². The van der Waals surface area contributed by atoms with Crippen LogP contribution in [0, 0.1) is 13.8 Å². The maximum absolute atomic E-state index is 12.4. The summed E-state index contributed by atoms with van der Waals surface area (Å²) in [5, 5.41) is 6.81. The number of rotatable bonds is 4. The molecule has 0 fully saturated rings. The fraction of sp³-hybridized carbons (Fsp3) is 0.400. The monoisotopic (exact) mass is 272 g/mol. The molecule has 0 aliphatic carbocycles. The van der Waals surface area contributed by atoms with Crippen molar-refractivity contribution >= 4 is 11.6 Å². The van der Waals surface area contributed by atoms with Crippen LogP contribution < -0.4 is 4.90 Å². The van der Waals surface area contributed by atoms with E-state index in [-0.39, 0.29) is 11.7 Å². The van der Waals surface area contributed by atoms with Crippen molar-refractivity contribution < 1.29 is 4.79 Å². The van der Waals surface area contributed by atoms with E-state index in [4.69, 9.17) is 0 Å². The van der Waals surface area contributed by atoms with Crippen LogP contribution in [0.3, 0.4) is 0 Å². The molecule has 2 aromatic rings. The van der Waals surface area contributed by atoms with E-state index in [0.29, 0.717) is 0 Å². The number of nitrogens with zero attached hydrogens (tertiary/aromatic N) is 3. The van der Waals surface area contributed by atoms with E-state index in [0.717, 1.165) is 29.9 Å². The van der Waals surface area contributed by atoms with Crippen LogP contribution >= 0.6 is 0 Å². The number of carbonyl (C=O) groups is 1. The summed E-state index contributed by atoms with van der Waals surface area (Å²) >= 11 is 0. The van der Waals surface area contributed by atoms with Crippen molar-refractivity contribution in [2.75, 3.05) is 11.9 Å². The molecule has 0 atom stereocenters. The van der Waals surface area contributed by atoms with Gasteiger partial charge in [0.1, 0.15) is 5.82 Å². The zero-order valence-electron chi connectivity index (χ0n) is 12.4. The minimum Gasteiger partial charge on any atom is -0.308 e. The van der Waals surface area contributed by atoms with Crippen LogP contribution in [0.15, 0.2) is 18.2 Å². The van der Waals surface area contributed by atoms with Crippen LogP contribution in [-0.4, -0.2) is 28.1 Å². The lowest BCUT2D eigenvalue weighted by Gasteiger charge is -2.18. The quantitative estimate of drug-likeness (QED) is 0.930. The van der Waals surface area contributed by atoms with E-state index < -0.39 is 0 Å². The van der Waals surface area contributed by atoms with Crippen LogP contribution in [-0.2, 0) is 6.42 Å². The molecule has 0 radical (unpaired) electrons. The van der Waals surface area contributed by atoms with Crippen LogP contribution in [0.25, 0.3) is 0 Å². The molecule has 0 unspecified atom stereocenters. The lowest BCUT2D eigenvalue weighted by atomic mass is 10.1. The van der Waals surface area contributed by atoms with Gasteiger partial charge in [0.05, 0.1) is 0 Å². The minimum atomic E-state index is -0.199. The number of aromatic amines is 1. The SMILES string of the molecule is CCCc1nc(C(=O)N(C)c2ccc(C)cc2C)n[nH]1. The number of anilines is 1. The molecule has 20 heavy (non-hydrogen) atoms. The summed E-state index contributed by atoms with van der Waals surface area (Å²) in [5.41, 5.74) is 3.11. The third-order valence-electron chi connectivity index (χ3n) is 3.23. The number of aryl methyl sites for hydroxylation is 3. The highest BCUT2D eigenvalue weighted by molar-refractivity contribution is 6.03. The Hall–Kier alpha value is -2.17. The topological polar surface area (TPSA) is 61.9 Å².